The van der Waals surface area contributed by atoms with Gasteiger partial charge in [0.25, 0.3) is 0 Å². The fraction of sp³-hybridized carbons (Fsp3) is 0.188. The number of methoxy groups -OCH3 is 1. The zero-order valence-electron chi connectivity index (χ0n) is 11.2. The fourth-order valence-electron chi connectivity index (χ4n) is 2.01. The lowest BCUT2D eigenvalue weighted by atomic mass is 9.99. The van der Waals surface area contributed by atoms with Crippen molar-refractivity contribution in [1.29, 1.82) is 0 Å². The van der Waals surface area contributed by atoms with Gasteiger partial charge in [0.05, 0.1) is 7.11 Å². The van der Waals surface area contributed by atoms with E-state index in [1.165, 1.54) is 19.2 Å². The summed E-state index contributed by atoms with van der Waals surface area (Å²) in [5, 5.41) is 0.553. The van der Waals surface area contributed by atoms with Gasteiger partial charge in [-0.3, -0.25) is 4.79 Å². The van der Waals surface area contributed by atoms with Crippen molar-refractivity contribution >= 4 is 17.4 Å². The molecule has 0 spiro atoms. The van der Waals surface area contributed by atoms with E-state index in [1.54, 1.807) is 31.2 Å². The van der Waals surface area contributed by atoms with Crippen molar-refractivity contribution in [2.24, 2.45) is 0 Å². The average Bonchev–Trinajstić information content (AvgIpc) is 2.42. The highest BCUT2D eigenvalue weighted by atomic mass is 35.5. The largest absolute Gasteiger partial charge is 0.494 e. The molecule has 0 fully saturated rings. The number of Topliss-reactive ketones (excluding diaryl/α,β-unsaturated/α-hetero) is 1. The van der Waals surface area contributed by atoms with Gasteiger partial charge in [0, 0.05) is 17.0 Å². The van der Waals surface area contributed by atoms with Crippen LogP contribution in [0.5, 0.6) is 5.75 Å². The van der Waals surface area contributed by atoms with Gasteiger partial charge < -0.3 is 4.74 Å². The lowest BCUT2D eigenvalue weighted by Crippen LogP contribution is -2.06. The first-order chi connectivity index (χ1) is 9.52. The van der Waals surface area contributed by atoms with E-state index in [4.69, 9.17) is 16.3 Å². The highest BCUT2D eigenvalue weighted by Gasteiger charge is 2.13. The molecule has 0 N–H and O–H groups in total. The van der Waals surface area contributed by atoms with Gasteiger partial charge in [-0.1, -0.05) is 29.8 Å². The Balaban J connectivity index is 2.24. The molecule has 2 nitrogen and oxygen atoms in total. The summed E-state index contributed by atoms with van der Waals surface area (Å²) < 4.78 is 18.4. The summed E-state index contributed by atoms with van der Waals surface area (Å²) in [7, 11) is 1.40. The number of hydrogen-bond acceptors (Lipinski definition) is 2. The first kappa shape index (κ1) is 14.5. The third-order valence-corrected chi connectivity index (χ3v) is 3.56. The Morgan fingerprint density at radius 1 is 1.30 bits per heavy atom. The Morgan fingerprint density at radius 2 is 2.05 bits per heavy atom. The quantitative estimate of drug-likeness (QED) is 0.789. The predicted octanol–water partition coefficient (Wildman–Crippen LogP) is 4.22. The summed E-state index contributed by atoms with van der Waals surface area (Å²) in [5.74, 6) is -0.393. The maximum atomic E-state index is 13.6. The van der Waals surface area contributed by atoms with Gasteiger partial charge in [-0.15, -0.1) is 0 Å². The Bertz CT molecular complexity index is 653. The Kier molecular flexibility index (Phi) is 4.40. The van der Waals surface area contributed by atoms with Gasteiger partial charge >= 0.3 is 0 Å². The van der Waals surface area contributed by atoms with Crippen molar-refractivity contribution in [3.05, 3.63) is 63.9 Å². The van der Waals surface area contributed by atoms with Gasteiger partial charge in [-0.25, -0.2) is 4.39 Å². The molecule has 0 aliphatic carbocycles. The van der Waals surface area contributed by atoms with E-state index >= 15 is 0 Å². The predicted molar refractivity (Wildman–Crippen MR) is 77.2 cm³/mol. The molecule has 20 heavy (non-hydrogen) atoms. The standard InChI is InChI=1S/C16H14ClFO2/c1-10-12(4-3-5-13(10)17)15(19)9-11-6-7-16(20-2)14(18)8-11/h3-8H,9H2,1-2H3. The summed E-state index contributed by atoms with van der Waals surface area (Å²) in [4.78, 5) is 12.2. The second-order valence-corrected chi connectivity index (χ2v) is 4.89. The highest BCUT2D eigenvalue weighted by molar-refractivity contribution is 6.31. The van der Waals surface area contributed by atoms with Crippen LogP contribution in [-0.2, 0) is 6.42 Å². The second-order valence-electron chi connectivity index (χ2n) is 4.48. The molecule has 0 amide bonds. The minimum absolute atomic E-state index is 0.0884. The number of carbonyl (C=O) groups is 1. The van der Waals surface area contributed by atoms with Crippen LogP contribution in [0.25, 0.3) is 0 Å². The van der Waals surface area contributed by atoms with Crippen LogP contribution >= 0.6 is 11.6 Å². The maximum absolute atomic E-state index is 13.6. The molecule has 0 saturated carbocycles. The zero-order valence-corrected chi connectivity index (χ0v) is 12.0. The number of halogens is 2. The van der Waals surface area contributed by atoms with Crippen molar-refractivity contribution in [3.8, 4) is 5.75 Å². The van der Waals surface area contributed by atoms with Gasteiger partial charge in [0.2, 0.25) is 0 Å². The average molecular weight is 293 g/mol. The fourth-order valence-corrected chi connectivity index (χ4v) is 2.18. The number of rotatable bonds is 4. The van der Waals surface area contributed by atoms with Crippen LogP contribution in [0.1, 0.15) is 21.5 Å². The smallest absolute Gasteiger partial charge is 0.167 e. The molecule has 0 heterocycles. The monoisotopic (exact) mass is 292 g/mol. The summed E-state index contributed by atoms with van der Waals surface area (Å²) in [5.41, 5.74) is 1.91. The van der Waals surface area contributed by atoms with Crippen LogP contribution in [0.15, 0.2) is 36.4 Å². The number of ketones is 1. The molecule has 0 bridgehead atoms. The van der Waals surface area contributed by atoms with Gasteiger partial charge in [-0.2, -0.15) is 0 Å². The summed E-state index contributed by atoms with van der Waals surface area (Å²) in [6, 6.07) is 9.71. The number of benzene rings is 2. The molecule has 104 valence electrons. The summed E-state index contributed by atoms with van der Waals surface area (Å²) >= 11 is 6.00. The van der Waals surface area contributed by atoms with Gasteiger partial charge in [-0.05, 0) is 36.2 Å². The second kappa shape index (κ2) is 6.06. The number of carbonyl (C=O) groups excluding carboxylic acids is 1. The number of hydrogen-bond donors (Lipinski definition) is 0. The molecule has 0 atom stereocenters. The van der Waals surface area contributed by atoms with E-state index < -0.39 is 5.82 Å². The van der Waals surface area contributed by atoms with Crippen molar-refractivity contribution in [1.82, 2.24) is 0 Å². The third kappa shape index (κ3) is 2.99. The van der Waals surface area contributed by atoms with E-state index in [0.717, 1.165) is 5.56 Å². The SMILES string of the molecule is COc1ccc(CC(=O)c2cccc(Cl)c2C)cc1F. The van der Waals surface area contributed by atoms with E-state index in [0.29, 0.717) is 16.1 Å². The maximum Gasteiger partial charge on any atom is 0.167 e. The molecule has 2 aromatic carbocycles. The van der Waals surface area contributed by atoms with Gasteiger partial charge in [0.15, 0.2) is 17.3 Å². The summed E-state index contributed by atoms with van der Waals surface area (Å²) in [6.07, 6.45) is 0.127. The lowest BCUT2D eigenvalue weighted by Gasteiger charge is -2.08. The molecule has 2 rings (SSSR count). The molecule has 0 aliphatic rings. The molecular weight excluding hydrogens is 279 g/mol. The van der Waals surface area contributed by atoms with Crippen molar-refractivity contribution in [2.45, 2.75) is 13.3 Å². The Morgan fingerprint density at radius 3 is 2.70 bits per heavy atom. The minimum Gasteiger partial charge on any atom is -0.494 e. The van der Waals surface area contributed by atoms with Crippen molar-refractivity contribution in [2.75, 3.05) is 7.11 Å². The normalized spacial score (nSPS) is 10.4. The van der Waals surface area contributed by atoms with Crippen LogP contribution in [0, 0.1) is 12.7 Å². The first-order valence-electron chi connectivity index (χ1n) is 6.13. The van der Waals surface area contributed by atoms with E-state index in [2.05, 4.69) is 0 Å². The molecule has 0 saturated heterocycles. The molecule has 2 aromatic rings. The van der Waals surface area contributed by atoms with Crippen LogP contribution in [-0.4, -0.2) is 12.9 Å². The number of ether oxygens (including phenoxy) is 1. The van der Waals surface area contributed by atoms with Crippen LogP contribution in [0.2, 0.25) is 5.02 Å². The molecule has 0 radical (unpaired) electrons. The van der Waals surface area contributed by atoms with Crippen molar-refractivity contribution in [3.63, 3.8) is 0 Å². The molecule has 0 aliphatic heterocycles. The third-order valence-electron chi connectivity index (χ3n) is 3.15. The van der Waals surface area contributed by atoms with E-state index in [9.17, 15) is 9.18 Å². The Hall–Kier alpha value is -1.87. The first-order valence-corrected chi connectivity index (χ1v) is 6.51. The van der Waals surface area contributed by atoms with Gasteiger partial charge in [0.1, 0.15) is 0 Å². The molecule has 0 unspecified atom stereocenters. The molecular formula is C16H14ClFO2. The topological polar surface area (TPSA) is 26.3 Å². The highest BCUT2D eigenvalue weighted by Crippen LogP contribution is 2.22. The van der Waals surface area contributed by atoms with Crippen LogP contribution in [0.3, 0.4) is 0 Å². The van der Waals surface area contributed by atoms with Crippen LogP contribution < -0.4 is 4.74 Å². The van der Waals surface area contributed by atoms with E-state index in [-0.39, 0.29) is 18.0 Å². The van der Waals surface area contributed by atoms with Crippen LogP contribution in [0.4, 0.5) is 4.39 Å². The molecule has 4 heteroatoms. The van der Waals surface area contributed by atoms with E-state index in [1.807, 2.05) is 0 Å². The summed E-state index contributed by atoms with van der Waals surface area (Å²) in [6.45, 7) is 1.80. The zero-order chi connectivity index (χ0) is 14.7. The molecule has 0 aromatic heterocycles. The Labute approximate surface area is 122 Å². The van der Waals surface area contributed by atoms with Crippen molar-refractivity contribution < 1.29 is 13.9 Å². The lowest BCUT2D eigenvalue weighted by molar-refractivity contribution is 0.0992. The minimum atomic E-state index is -0.472.